The molecule has 4 rings (SSSR count). The van der Waals surface area contributed by atoms with E-state index in [0.29, 0.717) is 28.2 Å². The summed E-state index contributed by atoms with van der Waals surface area (Å²) in [5.74, 6) is 0.240. The number of ketones is 1. The Morgan fingerprint density at radius 2 is 2.03 bits per heavy atom. The van der Waals surface area contributed by atoms with Gasteiger partial charge in [-0.3, -0.25) is 18.7 Å². The number of aryl methyl sites for hydroxylation is 1. The predicted molar refractivity (Wildman–Crippen MR) is 127 cm³/mol. The van der Waals surface area contributed by atoms with E-state index in [1.54, 1.807) is 16.8 Å². The third kappa shape index (κ3) is 4.22. The van der Waals surface area contributed by atoms with Crippen molar-refractivity contribution in [2.24, 2.45) is 0 Å². The molecule has 0 fully saturated rings. The summed E-state index contributed by atoms with van der Waals surface area (Å²) in [6, 6.07) is 9.29. The molecule has 0 saturated carbocycles. The highest BCUT2D eigenvalue weighted by Crippen LogP contribution is 2.25. The zero-order valence-electron chi connectivity index (χ0n) is 17.8. The summed E-state index contributed by atoms with van der Waals surface area (Å²) in [4.78, 5) is 35.2. The molecule has 0 aliphatic carbocycles. The number of fused-ring (bicyclic) bond motifs is 1. The van der Waals surface area contributed by atoms with E-state index in [0.717, 1.165) is 29.4 Å². The van der Waals surface area contributed by atoms with E-state index in [4.69, 9.17) is 4.98 Å². The number of carbonyl (C=O) groups excluding carboxylic acids is 1. The summed E-state index contributed by atoms with van der Waals surface area (Å²) in [5, 5.41) is 3.98. The van der Waals surface area contributed by atoms with Gasteiger partial charge in [-0.25, -0.2) is 9.97 Å². The average Bonchev–Trinajstić information content (AvgIpc) is 3.39. The highest BCUT2D eigenvalue weighted by molar-refractivity contribution is 7.99. The fourth-order valence-corrected chi connectivity index (χ4v) is 5.31. The van der Waals surface area contributed by atoms with Crippen LogP contribution in [0.25, 0.3) is 16.0 Å². The number of hydrogen-bond acceptors (Lipinski definition) is 6. The molecule has 8 heteroatoms. The Labute approximate surface area is 189 Å². The molecule has 1 aromatic carbocycles. The minimum Gasteiger partial charge on any atom is -0.294 e. The molecule has 4 aromatic rings. The maximum absolute atomic E-state index is 13.1. The van der Waals surface area contributed by atoms with Crippen molar-refractivity contribution in [2.45, 2.75) is 45.3 Å². The van der Waals surface area contributed by atoms with Crippen molar-refractivity contribution < 1.29 is 4.79 Å². The molecule has 0 atom stereocenters. The molecular formula is C23H24N4O2S2. The third-order valence-corrected chi connectivity index (χ3v) is 6.97. The third-order valence-electron chi connectivity index (χ3n) is 5.24. The van der Waals surface area contributed by atoms with Gasteiger partial charge in [-0.05, 0) is 38.5 Å². The second kappa shape index (κ2) is 9.20. The first-order chi connectivity index (χ1) is 15.0. The molecule has 6 nitrogen and oxygen atoms in total. The van der Waals surface area contributed by atoms with Gasteiger partial charge in [0.2, 0.25) is 0 Å². The van der Waals surface area contributed by atoms with Gasteiger partial charge in [0.1, 0.15) is 0 Å². The quantitative estimate of drug-likeness (QED) is 0.213. The van der Waals surface area contributed by atoms with Crippen LogP contribution in [-0.4, -0.2) is 30.6 Å². The predicted octanol–water partition coefficient (Wildman–Crippen LogP) is 5.04. The van der Waals surface area contributed by atoms with Crippen LogP contribution in [0.1, 0.15) is 41.5 Å². The number of thiazole rings is 1. The molecule has 0 bridgehead atoms. The Bertz CT molecular complexity index is 1290. The van der Waals surface area contributed by atoms with Crippen LogP contribution in [0.3, 0.4) is 0 Å². The second-order valence-corrected chi connectivity index (χ2v) is 9.18. The Morgan fingerprint density at radius 1 is 1.23 bits per heavy atom. The minimum atomic E-state index is -0.0454. The Kier molecular flexibility index (Phi) is 6.38. The highest BCUT2D eigenvalue weighted by Gasteiger charge is 2.19. The lowest BCUT2D eigenvalue weighted by atomic mass is 10.2. The van der Waals surface area contributed by atoms with Crippen molar-refractivity contribution >= 4 is 39.8 Å². The lowest BCUT2D eigenvalue weighted by Crippen LogP contribution is -2.24. The zero-order chi connectivity index (χ0) is 22.0. The van der Waals surface area contributed by atoms with Crippen LogP contribution in [0.15, 0.2) is 51.9 Å². The molecule has 3 heterocycles. The van der Waals surface area contributed by atoms with Gasteiger partial charge in [0.25, 0.3) is 5.56 Å². The molecule has 0 N–H and O–H groups in total. The fraction of sp³-hybridized carbons (Fsp3) is 0.304. The summed E-state index contributed by atoms with van der Waals surface area (Å²) in [5.41, 5.74) is 3.16. The Morgan fingerprint density at radius 3 is 2.77 bits per heavy atom. The van der Waals surface area contributed by atoms with Crippen molar-refractivity contribution in [3.05, 3.63) is 69.2 Å². The van der Waals surface area contributed by atoms with Gasteiger partial charge in [0, 0.05) is 35.1 Å². The van der Waals surface area contributed by atoms with E-state index < -0.39 is 0 Å². The number of Topliss-reactive ketones (excluding diaryl/α,β-unsaturated/α-hetero) is 1. The SMILES string of the molecule is CCCCn1c(SCC(=O)c2cc(C)n(-c3nccs3)c2C)nc2ccccc2c1=O. The molecule has 0 aliphatic heterocycles. The molecular weight excluding hydrogens is 428 g/mol. The number of hydrogen-bond donors (Lipinski definition) is 0. The topological polar surface area (TPSA) is 69.8 Å². The molecule has 3 aromatic heterocycles. The van der Waals surface area contributed by atoms with Crippen molar-refractivity contribution in [3.63, 3.8) is 0 Å². The first kappa shape index (κ1) is 21.5. The number of rotatable bonds is 8. The molecule has 0 unspecified atom stereocenters. The van der Waals surface area contributed by atoms with Crippen LogP contribution in [0.5, 0.6) is 0 Å². The maximum atomic E-state index is 13.1. The second-order valence-electron chi connectivity index (χ2n) is 7.37. The van der Waals surface area contributed by atoms with E-state index in [1.165, 1.54) is 23.1 Å². The summed E-state index contributed by atoms with van der Waals surface area (Å²) in [7, 11) is 0. The van der Waals surface area contributed by atoms with Crippen molar-refractivity contribution in [3.8, 4) is 5.13 Å². The van der Waals surface area contributed by atoms with Crippen molar-refractivity contribution in [1.82, 2.24) is 19.1 Å². The number of aromatic nitrogens is 4. The Hall–Kier alpha value is -2.71. The van der Waals surface area contributed by atoms with E-state index in [1.807, 2.05) is 48.1 Å². The minimum absolute atomic E-state index is 0.0188. The fourth-order valence-electron chi connectivity index (χ4n) is 3.64. The Balaban J connectivity index is 1.63. The molecule has 0 spiro atoms. The number of unbranched alkanes of at least 4 members (excludes halogenated alkanes) is 1. The summed E-state index contributed by atoms with van der Waals surface area (Å²) < 4.78 is 3.72. The van der Waals surface area contributed by atoms with Crippen LogP contribution in [-0.2, 0) is 6.54 Å². The first-order valence-corrected chi connectivity index (χ1v) is 12.1. The van der Waals surface area contributed by atoms with E-state index in [9.17, 15) is 9.59 Å². The molecule has 0 saturated heterocycles. The summed E-state index contributed by atoms with van der Waals surface area (Å²) >= 11 is 2.87. The van der Waals surface area contributed by atoms with Gasteiger partial charge >= 0.3 is 0 Å². The monoisotopic (exact) mass is 452 g/mol. The van der Waals surface area contributed by atoms with Crippen LogP contribution in [0.4, 0.5) is 0 Å². The molecule has 160 valence electrons. The lowest BCUT2D eigenvalue weighted by Gasteiger charge is -2.12. The number of carbonyl (C=O) groups is 1. The summed E-state index contributed by atoms with van der Waals surface area (Å²) in [6.45, 7) is 6.61. The molecule has 0 amide bonds. The normalized spacial score (nSPS) is 11.3. The molecule has 31 heavy (non-hydrogen) atoms. The van der Waals surface area contributed by atoms with E-state index >= 15 is 0 Å². The maximum Gasteiger partial charge on any atom is 0.262 e. The van der Waals surface area contributed by atoms with Gasteiger partial charge in [-0.15, -0.1) is 11.3 Å². The van der Waals surface area contributed by atoms with Crippen molar-refractivity contribution in [2.75, 3.05) is 5.75 Å². The summed E-state index contributed by atoms with van der Waals surface area (Å²) in [6.07, 6.45) is 3.62. The van der Waals surface area contributed by atoms with Gasteiger partial charge in [-0.1, -0.05) is 37.2 Å². The first-order valence-electron chi connectivity index (χ1n) is 10.3. The number of para-hydroxylation sites is 1. The van der Waals surface area contributed by atoms with Gasteiger partial charge in [0.15, 0.2) is 16.1 Å². The van der Waals surface area contributed by atoms with Crippen LogP contribution in [0, 0.1) is 13.8 Å². The largest absolute Gasteiger partial charge is 0.294 e. The molecule has 0 aliphatic rings. The van der Waals surface area contributed by atoms with Crippen molar-refractivity contribution in [1.29, 1.82) is 0 Å². The van der Waals surface area contributed by atoms with E-state index in [-0.39, 0.29) is 17.1 Å². The van der Waals surface area contributed by atoms with Crippen LogP contribution in [0.2, 0.25) is 0 Å². The number of benzene rings is 1. The van der Waals surface area contributed by atoms with Crippen LogP contribution < -0.4 is 5.56 Å². The average molecular weight is 453 g/mol. The highest BCUT2D eigenvalue weighted by atomic mass is 32.2. The van der Waals surface area contributed by atoms with Gasteiger partial charge in [0.05, 0.1) is 16.7 Å². The number of thioether (sulfide) groups is 1. The standard InChI is InChI=1S/C23H24N4O2S2/c1-4-5-11-26-21(29)17-8-6-7-9-19(17)25-23(26)31-14-20(28)18-13-15(2)27(16(18)3)22-24-10-12-30-22/h6-10,12-13H,4-5,11,14H2,1-3H3. The van der Waals surface area contributed by atoms with Gasteiger partial charge < -0.3 is 0 Å². The smallest absolute Gasteiger partial charge is 0.262 e. The van der Waals surface area contributed by atoms with Gasteiger partial charge in [-0.2, -0.15) is 0 Å². The zero-order valence-corrected chi connectivity index (χ0v) is 19.4. The van der Waals surface area contributed by atoms with Crippen LogP contribution >= 0.6 is 23.1 Å². The van der Waals surface area contributed by atoms with E-state index in [2.05, 4.69) is 11.9 Å². The lowest BCUT2D eigenvalue weighted by molar-refractivity contribution is 0.102. The number of nitrogens with zero attached hydrogens (tertiary/aromatic N) is 4. The molecule has 0 radical (unpaired) electrons.